The molecule has 3 fully saturated rings. The third kappa shape index (κ3) is 5.38. The zero-order valence-corrected chi connectivity index (χ0v) is 20.4. The van der Waals surface area contributed by atoms with Gasteiger partial charge in [-0.2, -0.15) is 0 Å². The largest absolute Gasteiger partial charge is 0.0845 e. The molecule has 0 heterocycles. The lowest BCUT2D eigenvalue weighted by Crippen LogP contribution is -2.33. The van der Waals surface area contributed by atoms with Crippen LogP contribution >= 0.6 is 0 Å². The van der Waals surface area contributed by atoms with Gasteiger partial charge in [-0.25, -0.2) is 0 Å². The van der Waals surface area contributed by atoms with Gasteiger partial charge in [0, 0.05) is 0 Å². The molecule has 0 nitrogen and oxygen atoms in total. The molecular weight excluding hydrogens is 360 g/mol. The van der Waals surface area contributed by atoms with Gasteiger partial charge in [-0.15, -0.1) is 0 Å². The molecule has 0 N–H and O–H groups in total. The van der Waals surface area contributed by atoms with Crippen LogP contribution in [0, 0.1) is 35.0 Å². The van der Waals surface area contributed by atoms with Crippen LogP contribution in [0.4, 0.5) is 0 Å². The second-order valence-electron chi connectivity index (χ2n) is 11.9. The molecular formula is C30H52. The van der Waals surface area contributed by atoms with E-state index in [1.807, 2.05) is 0 Å². The van der Waals surface area contributed by atoms with Gasteiger partial charge in [-0.05, 0) is 67.1 Å². The molecule has 0 aromatic heterocycles. The SMILES string of the molecule is CCCCCCCCCCCCCCCCCCC12C=CC(C1)C1C3CCC(C3)C12. The van der Waals surface area contributed by atoms with Crippen molar-refractivity contribution in [3.05, 3.63) is 12.2 Å². The Kier molecular flexibility index (Phi) is 8.83. The summed E-state index contributed by atoms with van der Waals surface area (Å²) in [5, 5.41) is 0. The van der Waals surface area contributed by atoms with Crippen molar-refractivity contribution in [2.45, 2.75) is 142 Å². The molecule has 30 heavy (non-hydrogen) atoms. The number of fused-ring (bicyclic) bond motifs is 9. The van der Waals surface area contributed by atoms with Crippen molar-refractivity contribution >= 4 is 0 Å². The number of allylic oxidation sites excluding steroid dienone is 2. The fourth-order valence-corrected chi connectivity index (χ4v) is 8.56. The molecule has 0 aromatic rings. The van der Waals surface area contributed by atoms with E-state index in [0.29, 0.717) is 5.41 Å². The van der Waals surface area contributed by atoms with Gasteiger partial charge in [0.25, 0.3) is 0 Å². The molecule has 6 unspecified atom stereocenters. The molecule has 0 aliphatic heterocycles. The van der Waals surface area contributed by atoms with Crippen LogP contribution < -0.4 is 0 Å². The minimum atomic E-state index is 0.672. The summed E-state index contributed by atoms with van der Waals surface area (Å²) in [5.74, 6) is 5.47. The summed E-state index contributed by atoms with van der Waals surface area (Å²) in [5.41, 5.74) is 0.672. The maximum absolute atomic E-state index is 2.73. The fourth-order valence-electron chi connectivity index (χ4n) is 8.56. The third-order valence-electron chi connectivity index (χ3n) is 9.93. The second-order valence-corrected chi connectivity index (χ2v) is 11.9. The highest BCUT2D eigenvalue weighted by atomic mass is 14.7. The van der Waals surface area contributed by atoms with Crippen LogP contribution in [-0.4, -0.2) is 0 Å². The molecule has 0 radical (unpaired) electrons. The summed E-state index contributed by atoms with van der Waals surface area (Å²) in [6.07, 6.45) is 37.0. The zero-order valence-electron chi connectivity index (χ0n) is 20.4. The van der Waals surface area contributed by atoms with Gasteiger partial charge in [0.2, 0.25) is 0 Å². The lowest BCUT2D eigenvalue weighted by molar-refractivity contribution is 0.134. The first-order valence-electron chi connectivity index (χ1n) is 14.5. The first-order chi connectivity index (χ1) is 14.8. The highest BCUT2D eigenvalue weighted by Gasteiger charge is 2.63. The Bertz CT molecular complexity index is 518. The van der Waals surface area contributed by atoms with E-state index in [-0.39, 0.29) is 0 Å². The van der Waals surface area contributed by atoms with Crippen molar-refractivity contribution in [3.8, 4) is 0 Å². The van der Waals surface area contributed by atoms with Crippen molar-refractivity contribution in [3.63, 3.8) is 0 Å². The van der Waals surface area contributed by atoms with E-state index in [1.54, 1.807) is 25.7 Å². The number of hydrogen-bond acceptors (Lipinski definition) is 0. The predicted molar refractivity (Wildman–Crippen MR) is 132 cm³/mol. The van der Waals surface area contributed by atoms with Gasteiger partial charge >= 0.3 is 0 Å². The second kappa shape index (κ2) is 11.6. The summed E-state index contributed by atoms with van der Waals surface area (Å²) in [7, 11) is 0. The standard InChI is InChI=1S/C30H52/c1-2-3-4-5-6-7-8-9-10-11-12-13-14-15-16-17-21-30-22-20-27(24-30)28-25-18-19-26(23-25)29(28)30/h20,22,25-29H,2-19,21,23-24H2,1H3. The Morgan fingerprint density at radius 2 is 1.20 bits per heavy atom. The van der Waals surface area contributed by atoms with E-state index in [1.165, 1.54) is 109 Å². The van der Waals surface area contributed by atoms with Crippen molar-refractivity contribution in [1.29, 1.82) is 0 Å². The molecule has 4 aliphatic carbocycles. The number of rotatable bonds is 17. The summed E-state index contributed by atoms with van der Waals surface area (Å²) in [4.78, 5) is 0. The van der Waals surface area contributed by atoms with Crippen LogP contribution in [-0.2, 0) is 0 Å². The normalized spacial score (nSPS) is 35.6. The van der Waals surface area contributed by atoms with E-state index < -0.39 is 0 Å². The molecule has 3 saturated carbocycles. The maximum Gasteiger partial charge on any atom is -0.00786 e. The average Bonchev–Trinajstić information content (AvgIpc) is 3.53. The van der Waals surface area contributed by atoms with Crippen LogP contribution in [0.2, 0.25) is 0 Å². The lowest BCUT2D eigenvalue weighted by Gasteiger charge is -2.39. The molecule has 4 aliphatic rings. The van der Waals surface area contributed by atoms with Gasteiger partial charge in [0.1, 0.15) is 0 Å². The average molecular weight is 413 g/mol. The molecule has 0 aromatic carbocycles. The molecule has 4 bridgehead atoms. The van der Waals surface area contributed by atoms with Crippen LogP contribution in [0.3, 0.4) is 0 Å². The topological polar surface area (TPSA) is 0 Å². The first kappa shape index (κ1) is 22.9. The molecule has 0 spiro atoms. The minimum Gasteiger partial charge on any atom is -0.0845 e. The van der Waals surface area contributed by atoms with E-state index >= 15 is 0 Å². The van der Waals surface area contributed by atoms with Crippen molar-refractivity contribution < 1.29 is 0 Å². The zero-order chi connectivity index (χ0) is 20.7. The highest BCUT2D eigenvalue weighted by Crippen LogP contribution is 2.71. The van der Waals surface area contributed by atoms with E-state index in [2.05, 4.69) is 19.1 Å². The summed E-state index contributed by atoms with van der Waals surface area (Å²) in [6, 6.07) is 0. The summed E-state index contributed by atoms with van der Waals surface area (Å²) in [6.45, 7) is 2.31. The van der Waals surface area contributed by atoms with Crippen LogP contribution in [0.25, 0.3) is 0 Å². The molecule has 6 atom stereocenters. The Labute approximate surface area is 189 Å². The smallest absolute Gasteiger partial charge is 0.00786 e. The molecule has 172 valence electrons. The molecule has 0 amide bonds. The van der Waals surface area contributed by atoms with Crippen molar-refractivity contribution in [2.24, 2.45) is 35.0 Å². The predicted octanol–water partition coefficient (Wildman–Crippen LogP) is 9.88. The van der Waals surface area contributed by atoms with Crippen molar-refractivity contribution in [1.82, 2.24) is 0 Å². The number of unbranched alkanes of at least 4 members (excludes halogenated alkanes) is 15. The molecule has 0 saturated heterocycles. The summed E-state index contributed by atoms with van der Waals surface area (Å²) >= 11 is 0. The van der Waals surface area contributed by atoms with Gasteiger partial charge in [0.05, 0.1) is 0 Å². The van der Waals surface area contributed by atoms with Crippen LogP contribution in [0.5, 0.6) is 0 Å². The Morgan fingerprint density at radius 1 is 0.667 bits per heavy atom. The minimum absolute atomic E-state index is 0.672. The third-order valence-corrected chi connectivity index (χ3v) is 9.93. The monoisotopic (exact) mass is 412 g/mol. The van der Waals surface area contributed by atoms with Crippen molar-refractivity contribution in [2.75, 3.05) is 0 Å². The van der Waals surface area contributed by atoms with Crippen LogP contribution in [0.1, 0.15) is 142 Å². The summed E-state index contributed by atoms with van der Waals surface area (Å²) < 4.78 is 0. The molecule has 0 heteroatoms. The highest BCUT2D eigenvalue weighted by molar-refractivity contribution is 5.26. The first-order valence-corrected chi connectivity index (χ1v) is 14.5. The lowest BCUT2D eigenvalue weighted by atomic mass is 9.65. The quantitative estimate of drug-likeness (QED) is 0.127. The Balaban J connectivity index is 0.958. The van der Waals surface area contributed by atoms with E-state index in [0.717, 1.165) is 29.6 Å². The number of hydrogen-bond donors (Lipinski definition) is 0. The fraction of sp³-hybridized carbons (Fsp3) is 0.933. The molecule has 4 rings (SSSR count). The van der Waals surface area contributed by atoms with E-state index in [4.69, 9.17) is 0 Å². The van der Waals surface area contributed by atoms with Crippen LogP contribution in [0.15, 0.2) is 12.2 Å². The maximum atomic E-state index is 2.73. The van der Waals surface area contributed by atoms with Gasteiger partial charge in [0.15, 0.2) is 0 Å². The van der Waals surface area contributed by atoms with Gasteiger partial charge in [-0.1, -0.05) is 122 Å². The Morgan fingerprint density at radius 3 is 1.80 bits per heavy atom. The van der Waals surface area contributed by atoms with Gasteiger partial charge in [-0.3, -0.25) is 0 Å². The van der Waals surface area contributed by atoms with E-state index in [9.17, 15) is 0 Å². The Hall–Kier alpha value is -0.260. The van der Waals surface area contributed by atoms with Gasteiger partial charge < -0.3 is 0 Å².